The summed E-state index contributed by atoms with van der Waals surface area (Å²) in [5, 5.41) is 0. The predicted octanol–water partition coefficient (Wildman–Crippen LogP) is 1.44. The van der Waals surface area contributed by atoms with Crippen molar-refractivity contribution in [1.29, 1.82) is 0 Å². The van der Waals surface area contributed by atoms with Crippen LogP contribution in [0.2, 0.25) is 0 Å². The average Bonchev–Trinajstić information content (AvgIpc) is 2.97. The molecule has 5 heteroatoms. The van der Waals surface area contributed by atoms with Gasteiger partial charge in [0.05, 0.1) is 12.5 Å². The number of amides is 1. The zero-order valence-corrected chi connectivity index (χ0v) is 11.3. The Morgan fingerprint density at radius 3 is 2.85 bits per heavy atom. The maximum absolute atomic E-state index is 12.6. The summed E-state index contributed by atoms with van der Waals surface area (Å²) >= 11 is 0. The standard InChI is InChI=1S/C15H18N4O/c16-12-5-4-8-18(10-12)15(20)14-9-17-11-19(14)13-6-2-1-3-7-13/h1-3,6-7,9,11-12H,4-5,8,10,16H2/t12-/m1/s1. The highest BCUT2D eigenvalue weighted by molar-refractivity contribution is 5.93. The molecule has 2 heterocycles. The third-order valence-electron chi connectivity index (χ3n) is 3.64. The summed E-state index contributed by atoms with van der Waals surface area (Å²) in [4.78, 5) is 18.6. The van der Waals surface area contributed by atoms with E-state index >= 15 is 0 Å². The fourth-order valence-corrected chi connectivity index (χ4v) is 2.60. The van der Waals surface area contributed by atoms with Crippen molar-refractivity contribution in [2.75, 3.05) is 13.1 Å². The summed E-state index contributed by atoms with van der Waals surface area (Å²) in [5.41, 5.74) is 7.48. The highest BCUT2D eigenvalue weighted by Crippen LogP contribution is 2.16. The molecule has 0 saturated carbocycles. The summed E-state index contributed by atoms with van der Waals surface area (Å²) in [6.07, 6.45) is 5.25. The van der Waals surface area contributed by atoms with Crippen molar-refractivity contribution in [3.05, 3.63) is 48.5 Å². The molecular weight excluding hydrogens is 252 g/mol. The molecule has 20 heavy (non-hydrogen) atoms. The van der Waals surface area contributed by atoms with Crippen molar-refractivity contribution < 1.29 is 4.79 Å². The molecular formula is C15H18N4O. The Morgan fingerprint density at radius 1 is 1.30 bits per heavy atom. The molecule has 104 valence electrons. The van der Waals surface area contributed by atoms with E-state index in [4.69, 9.17) is 5.73 Å². The minimum atomic E-state index is 0.00139. The second-order valence-corrected chi connectivity index (χ2v) is 5.14. The van der Waals surface area contributed by atoms with Gasteiger partial charge in [0.1, 0.15) is 5.69 Å². The average molecular weight is 270 g/mol. The van der Waals surface area contributed by atoms with Gasteiger partial charge < -0.3 is 10.6 Å². The van der Waals surface area contributed by atoms with E-state index in [-0.39, 0.29) is 11.9 Å². The topological polar surface area (TPSA) is 64.2 Å². The molecule has 1 aliphatic rings. The van der Waals surface area contributed by atoms with Gasteiger partial charge in [-0.3, -0.25) is 9.36 Å². The second-order valence-electron chi connectivity index (χ2n) is 5.14. The fraction of sp³-hybridized carbons (Fsp3) is 0.333. The molecule has 0 bridgehead atoms. The Bertz CT molecular complexity index is 593. The van der Waals surface area contributed by atoms with Gasteiger partial charge >= 0.3 is 0 Å². The van der Waals surface area contributed by atoms with Crippen LogP contribution in [0.15, 0.2) is 42.9 Å². The first-order valence-electron chi connectivity index (χ1n) is 6.88. The van der Waals surface area contributed by atoms with Gasteiger partial charge in [0.2, 0.25) is 0 Å². The number of para-hydroxylation sites is 1. The van der Waals surface area contributed by atoms with Crippen LogP contribution in [-0.2, 0) is 0 Å². The number of hydrogen-bond donors (Lipinski definition) is 1. The molecule has 1 fully saturated rings. The summed E-state index contributed by atoms with van der Waals surface area (Å²) in [6, 6.07) is 9.84. The third kappa shape index (κ3) is 2.44. The lowest BCUT2D eigenvalue weighted by atomic mass is 10.1. The number of likely N-dealkylation sites (tertiary alicyclic amines) is 1. The Hall–Kier alpha value is -2.14. The maximum atomic E-state index is 12.6. The number of carbonyl (C=O) groups excluding carboxylic acids is 1. The Labute approximate surface area is 118 Å². The van der Waals surface area contributed by atoms with Crippen LogP contribution < -0.4 is 5.73 Å². The molecule has 0 radical (unpaired) electrons. The molecule has 2 aromatic rings. The molecule has 1 aliphatic heterocycles. The van der Waals surface area contributed by atoms with Crippen molar-refractivity contribution in [2.24, 2.45) is 5.73 Å². The van der Waals surface area contributed by atoms with Gasteiger partial charge in [0, 0.05) is 24.8 Å². The molecule has 0 spiro atoms. The number of aromatic nitrogens is 2. The van der Waals surface area contributed by atoms with E-state index in [1.807, 2.05) is 39.8 Å². The van der Waals surface area contributed by atoms with Gasteiger partial charge in [-0.05, 0) is 25.0 Å². The van der Waals surface area contributed by atoms with Gasteiger partial charge in [-0.15, -0.1) is 0 Å². The van der Waals surface area contributed by atoms with Crippen molar-refractivity contribution in [3.63, 3.8) is 0 Å². The zero-order valence-electron chi connectivity index (χ0n) is 11.3. The van der Waals surface area contributed by atoms with E-state index in [0.717, 1.165) is 25.1 Å². The highest BCUT2D eigenvalue weighted by atomic mass is 16.2. The number of carbonyl (C=O) groups is 1. The van der Waals surface area contributed by atoms with E-state index in [1.165, 1.54) is 0 Å². The van der Waals surface area contributed by atoms with Gasteiger partial charge in [-0.2, -0.15) is 0 Å². The van der Waals surface area contributed by atoms with Crippen molar-refractivity contribution >= 4 is 5.91 Å². The van der Waals surface area contributed by atoms with E-state index in [0.29, 0.717) is 12.2 Å². The monoisotopic (exact) mass is 270 g/mol. The molecule has 0 unspecified atom stereocenters. The summed E-state index contributed by atoms with van der Waals surface area (Å²) in [7, 11) is 0. The number of imidazole rings is 1. The lowest BCUT2D eigenvalue weighted by molar-refractivity contribution is 0.0700. The van der Waals surface area contributed by atoms with Gasteiger partial charge in [-0.25, -0.2) is 4.98 Å². The number of hydrogen-bond acceptors (Lipinski definition) is 3. The number of rotatable bonds is 2. The number of nitrogens with zero attached hydrogens (tertiary/aromatic N) is 3. The predicted molar refractivity (Wildman–Crippen MR) is 76.7 cm³/mol. The van der Waals surface area contributed by atoms with Crippen molar-refractivity contribution in [2.45, 2.75) is 18.9 Å². The molecule has 1 atom stereocenters. The summed E-state index contributed by atoms with van der Waals surface area (Å²) in [5.74, 6) is 0.00139. The van der Waals surface area contributed by atoms with Crippen LogP contribution in [-0.4, -0.2) is 39.5 Å². The van der Waals surface area contributed by atoms with Crippen LogP contribution >= 0.6 is 0 Å². The Kier molecular flexibility index (Phi) is 3.52. The SMILES string of the molecule is N[C@@H]1CCCN(C(=O)c2cncn2-c2ccccc2)C1. The lowest BCUT2D eigenvalue weighted by Crippen LogP contribution is -2.46. The quantitative estimate of drug-likeness (QED) is 0.898. The first-order valence-corrected chi connectivity index (χ1v) is 6.88. The number of piperidine rings is 1. The van der Waals surface area contributed by atoms with Gasteiger partial charge in [0.25, 0.3) is 5.91 Å². The molecule has 2 N–H and O–H groups in total. The van der Waals surface area contributed by atoms with E-state index in [2.05, 4.69) is 4.98 Å². The van der Waals surface area contributed by atoms with Gasteiger partial charge in [-0.1, -0.05) is 18.2 Å². The molecule has 3 rings (SSSR count). The maximum Gasteiger partial charge on any atom is 0.272 e. The first kappa shape index (κ1) is 12.9. The van der Waals surface area contributed by atoms with Crippen molar-refractivity contribution in [1.82, 2.24) is 14.5 Å². The zero-order chi connectivity index (χ0) is 13.9. The summed E-state index contributed by atoms with van der Waals surface area (Å²) in [6.45, 7) is 1.39. The Morgan fingerprint density at radius 2 is 2.10 bits per heavy atom. The highest BCUT2D eigenvalue weighted by Gasteiger charge is 2.24. The number of benzene rings is 1. The third-order valence-corrected chi connectivity index (χ3v) is 3.64. The summed E-state index contributed by atoms with van der Waals surface area (Å²) < 4.78 is 1.82. The molecule has 0 aliphatic carbocycles. The van der Waals surface area contributed by atoms with Crippen LogP contribution in [0.3, 0.4) is 0 Å². The molecule has 1 amide bonds. The van der Waals surface area contributed by atoms with Crippen LogP contribution in [0.5, 0.6) is 0 Å². The van der Waals surface area contributed by atoms with E-state index in [9.17, 15) is 4.79 Å². The van der Waals surface area contributed by atoms with Crippen LogP contribution in [0.4, 0.5) is 0 Å². The lowest BCUT2D eigenvalue weighted by Gasteiger charge is -2.30. The molecule has 5 nitrogen and oxygen atoms in total. The normalized spacial score (nSPS) is 19.1. The smallest absolute Gasteiger partial charge is 0.272 e. The van der Waals surface area contributed by atoms with Crippen molar-refractivity contribution in [3.8, 4) is 5.69 Å². The molecule has 1 saturated heterocycles. The molecule has 1 aromatic heterocycles. The van der Waals surface area contributed by atoms with Gasteiger partial charge in [0.15, 0.2) is 0 Å². The second kappa shape index (κ2) is 5.46. The fourth-order valence-electron chi connectivity index (χ4n) is 2.60. The first-order chi connectivity index (χ1) is 9.75. The van der Waals surface area contributed by atoms with Crippen LogP contribution in [0.1, 0.15) is 23.3 Å². The number of nitrogens with two attached hydrogens (primary N) is 1. The van der Waals surface area contributed by atoms with Crippen LogP contribution in [0.25, 0.3) is 5.69 Å². The Balaban J connectivity index is 1.88. The largest absolute Gasteiger partial charge is 0.336 e. The van der Waals surface area contributed by atoms with E-state index in [1.54, 1.807) is 12.5 Å². The minimum Gasteiger partial charge on any atom is -0.336 e. The molecule has 1 aromatic carbocycles. The minimum absolute atomic E-state index is 0.00139. The van der Waals surface area contributed by atoms with Crippen LogP contribution in [0, 0.1) is 0 Å². The van der Waals surface area contributed by atoms with E-state index < -0.39 is 0 Å².